The standard InChI is InChI=1S/C17H14FNO/c1-11-7-8-13(15(18)9-11)17(20)14-10-19(2)16-6-4-3-5-12(14)16/h3-10H,1-2H3. The van der Waals surface area contributed by atoms with Crippen LogP contribution < -0.4 is 0 Å². The predicted molar refractivity (Wildman–Crippen MR) is 77.5 cm³/mol. The fraction of sp³-hybridized carbons (Fsp3) is 0.118. The van der Waals surface area contributed by atoms with Crippen molar-refractivity contribution in [3.63, 3.8) is 0 Å². The van der Waals surface area contributed by atoms with Crippen LogP contribution in [0.3, 0.4) is 0 Å². The normalized spacial score (nSPS) is 10.9. The van der Waals surface area contributed by atoms with Gasteiger partial charge in [0.1, 0.15) is 5.82 Å². The first-order chi connectivity index (χ1) is 9.58. The minimum absolute atomic E-state index is 0.118. The van der Waals surface area contributed by atoms with Crippen molar-refractivity contribution in [3.8, 4) is 0 Å². The van der Waals surface area contributed by atoms with Crippen molar-refractivity contribution >= 4 is 16.7 Å². The molecular formula is C17H14FNO. The molecule has 3 aromatic rings. The number of hydrogen-bond donors (Lipinski definition) is 0. The lowest BCUT2D eigenvalue weighted by atomic mass is 10.0. The highest BCUT2D eigenvalue weighted by Gasteiger charge is 2.18. The maximum atomic E-state index is 14.0. The number of rotatable bonds is 2. The molecule has 20 heavy (non-hydrogen) atoms. The van der Waals surface area contributed by atoms with E-state index >= 15 is 0 Å². The molecule has 0 amide bonds. The first-order valence-corrected chi connectivity index (χ1v) is 6.43. The second-order valence-corrected chi connectivity index (χ2v) is 4.98. The number of carbonyl (C=O) groups excluding carboxylic acids is 1. The number of aryl methyl sites for hydroxylation is 2. The third-order valence-electron chi connectivity index (χ3n) is 3.51. The van der Waals surface area contributed by atoms with Gasteiger partial charge in [-0.3, -0.25) is 4.79 Å². The first kappa shape index (κ1) is 12.6. The summed E-state index contributed by atoms with van der Waals surface area (Å²) >= 11 is 0. The van der Waals surface area contributed by atoms with Gasteiger partial charge in [0, 0.05) is 29.7 Å². The summed E-state index contributed by atoms with van der Waals surface area (Å²) in [7, 11) is 1.88. The molecule has 1 aromatic heterocycles. The summed E-state index contributed by atoms with van der Waals surface area (Å²) in [5.41, 5.74) is 2.41. The third kappa shape index (κ3) is 1.92. The Labute approximate surface area is 116 Å². The van der Waals surface area contributed by atoms with E-state index in [9.17, 15) is 9.18 Å². The first-order valence-electron chi connectivity index (χ1n) is 6.43. The van der Waals surface area contributed by atoms with E-state index in [2.05, 4.69) is 0 Å². The van der Waals surface area contributed by atoms with Crippen LogP contribution >= 0.6 is 0 Å². The Balaban J connectivity index is 2.18. The number of ketones is 1. The van der Waals surface area contributed by atoms with Crippen molar-refractivity contribution in [2.24, 2.45) is 7.05 Å². The number of halogens is 1. The average Bonchev–Trinajstić information content (AvgIpc) is 2.76. The van der Waals surface area contributed by atoms with E-state index in [-0.39, 0.29) is 11.3 Å². The Morgan fingerprint density at radius 3 is 2.60 bits per heavy atom. The van der Waals surface area contributed by atoms with Crippen molar-refractivity contribution in [1.82, 2.24) is 4.57 Å². The Bertz CT molecular complexity index is 817. The molecule has 0 saturated carbocycles. The lowest BCUT2D eigenvalue weighted by molar-refractivity contribution is 0.103. The molecule has 0 radical (unpaired) electrons. The van der Waals surface area contributed by atoms with Crippen LogP contribution in [0.5, 0.6) is 0 Å². The molecule has 100 valence electrons. The van der Waals surface area contributed by atoms with Crippen molar-refractivity contribution in [2.75, 3.05) is 0 Å². The molecule has 0 aliphatic carbocycles. The fourth-order valence-electron chi connectivity index (χ4n) is 2.47. The summed E-state index contributed by atoms with van der Waals surface area (Å²) in [6.45, 7) is 1.80. The van der Waals surface area contributed by atoms with Gasteiger partial charge in [-0.1, -0.05) is 24.3 Å². The Kier molecular flexibility index (Phi) is 2.90. The van der Waals surface area contributed by atoms with Crippen molar-refractivity contribution < 1.29 is 9.18 Å². The molecule has 0 atom stereocenters. The maximum Gasteiger partial charge on any atom is 0.198 e. The van der Waals surface area contributed by atoms with Gasteiger partial charge in [0.15, 0.2) is 5.78 Å². The third-order valence-corrected chi connectivity index (χ3v) is 3.51. The summed E-state index contributed by atoms with van der Waals surface area (Å²) < 4.78 is 15.8. The lowest BCUT2D eigenvalue weighted by Gasteiger charge is -2.02. The predicted octanol–water partition coefficient (Wildman–Crippen LogP) is 3.86. The highest BCUT2D eigenvalue weighted by atomic mass is 19.1. The van der Waals surface area contributed by atoms with Gasteiger partial charge in [0.25, 0.3) is 0 Å². The summed E-state index contributed by atoms with van der Waals surface area (Å²) in [5.74, 6) is -0.748. The zero-order chi connectivity index (χ0) is 14.3. The van der Waals surface area contributed by atoms with Gasteiger partial charge in [0.2, 0.25) is 0 Å². The number of hydrogen-bond acceptors (Lipinski definition) is 1. The molecule has 2 nitrogen and oxygen atoms in total. The molecule has 0 aliphatic rings. The molecule has 3 heteroatoms. The maximum absolute atomic E-state index is 14.0. The molecule has 1 heterocycles. The van der Waals surface area contributed by atoms with Crippen molar-refractivity contribution in [3.05, 3.63) is 71.2 Å². The topological polar surface area (TPSA) is 22.0 Å². The molecule has 0 saturated heterocycles. The highest BCUT2D eigenvalue weighted by molar-refractivity contribution is 6.16. The molecule has 2 aromatic carbocycles. The largest absolute Gasteiger partial charge is 0.350 e. The van der Waals surface area contributed by atoms with Crippen LogP contribution in [-0.2, 0) is 7.05 Å². The van der Waals surface area contributed by atoms with Crippen molar-refractivity contribution in [1.29, 1.82) is 0 Å². The zero-order valence-electron chi connectivity index (χ0n) is 11.4. The van der Waals surface area contributed by atoms with Crippen LogP contribution in [0.2, 0.25) is 0 Å². The second kappa shape index (κ2) is 4.60. The lowest BCUT2D eigenvalue weighted by Crippen LogP contribution is -2.04. The number of carbonyl (C=O) groups is 1. The van der Waals surface area contributed by atoms with Crippen LogP contribution in [0.15, 0.2) is 48.7 Å². The molecule has 0 spiro atoms. The van der Waals surface area contributed by atoms with E-state index in [0.717, 1.165) is 16.5 Å². The van der Waals surface area contributed by atoms with Crippen LogP contribution in [0.25, 0.3) is 10.9 Å². The van der Waals surface area contributed by atoms with Gasteiger partial charge in [-0.25, -0.2) is 4.39 Å². The van der Waals surface area contributed by atoms with Gasteiger partial charge in [-0.2, -0.15) is 0 Å². The minimum Gasteiger partial charge on any atom is -0.350 e. The highest BCUT2D eigenvalue weighted by Crippen LogP contribution is 2.24. The molecule has 0 bridgehead atoms. The Hall–Kier alpha value is -2.42. The van der Waals surface area contributed by atoms with Crippen LogP contribution in [0.1, 0.15) is 21.5 Å². The molecule has 0 fully saturated rings. The smallest absolute Gasteiger partial charge is 0.198 e. The second-order valence-electron chi connectivity index (χ2n) is 4.98. The van der Waals surface area contributed by atoms with E-state index < -0.39 is 5.82 Å². The summed E-state index contributed by atoms with van der Waals surface area (Å²) in [6, 6.07) is 12.3. The van der Waals surface area contributed by atoms with Crippen LogP contribution in [-0.4, -0.2) is 10.4 Å². The molecule has 0 N–H and O–H groups in total. The van der Waals surface area contributed by atoms with Gasteiger partial charge in [0.05, 0.1) is 5.56 Å². The van der Waals surface area contributed by atoms with E-state index in [4.69, 9.17) is 0 Å². The van der Waals surface area contributed by atoms with E-state index in [1.807, 2.05) is 35.9 Å². The summed E-state index contributed by atoms with van der Waals surface area (Å²) in [5, 5.41) is 0.847. The van der Waals surface area contributed by atoms with Crippen LogP contribution in [0.4, 0.5) is 4.39 Å². The fourth-order valence-corrected chi connectivity index (χ4v) is 2.47. The number of aromatic nitrogens is 1. The molecule has 0 aliphatic heterocycles. The SMILES string of the molecule is Cc1ccc(C(=O)c2cn(C)c3ccccc23)c(F)c1. The minimum atomic E-state index is -0.470. The number of nitrogens with zero attached hydrogens (tertiary/aromatic N) is 1. The quantitative estimate of drug-likeness (QED) is 0.646. The monoisotopic (exact) mass is 267 g/mol. The number of benzene rings is 2. The summed E-state index contributed by atoms with van der Waals surface area (Å²) in [4.78, 5) is 12.6. The number of para-hydroxylation sites is 1. The van der Waals surface area contributed by atoms with Gasteiger partial charge < -0.3 is 4.57 Å². The van der Waals surface area contributed by atoms with E-state index in [0.29, 0.717) is 5.56 Å². The zero-order valence-corrected chi connectivity index (χ0v) is 11.4. The van der Waals surface area contributed by atoms with Crippen LogP contribution in [0, 0.1) is 12.7 Å². The summed E-state index contributed by atoms with van der Waals surface area (Å²) in [6.07, 6.45) is 1.76. The van der Waals surface area contributed by atoms with Gasteiger partial charge >= 0.3 is 0 Å². The molecule has 0 unspecified atom stereocenters. The van der Waals surface area contributed by atoms with Gasteiger partial charge in [-0.15, -0.1) is 0 Å². The van der Waals surface area contributed by atoms with Gasteiger partial charge in [-0.05, 0) is 30.7 Å². The van der Waals surface area contributed by atoms with E-state index in [1.54, 1.807) is 25.3 Å². The van der Waals surface area contributed by atoms with Crippen molar-refractivity contribution in [2.45, 2.75) is 6.92 Å². The number of fused-ring (bicyclic) bond motifs is 1. The molecule has 3 rings (SSSR count). The molecular weight excluding hydrogens is 253 g/mol. The van der Waals surface area contributed by atoms with E-state index in [1.165, 1.54) is 6.07 Å². The Morgan fingerprint density at radius 2 is 1.85 bits per heavy atom. The average molecular weight is 267 g/mol. The Morgan fingerprint density at radius 1 is 1.10 bits per heavy atom.